The monoisotopic (exact) mass is 393 g/mol. The summed E-state index contributed by atoms with van der Waals surface area (Å²) >= 11 is 0. The van der Waals surface area contributed by atoms with Gasteiger partial charge in [-0.15, -0.1) is 0 Å². The van der Waals surface area contributed by atoms with Crippen LogP contribution in [-0.2, 0) is 24.8 Å². The molecule has 0 saturated carbocycles. The summed E-state index contributed by atoms with van der Waals surface area (Å²) in [5, 5.41) is 4.36. The zero-order chi connectivity index (χ0) is 19.7. The van der Waals surface area contributed by atoms with Crippen molar-refractivity contribution in [3.05, 3.63) is 45.9 Å². The minimum atomic E-state index is -2.71. The van der Waals surface area contributed by atoms with Crippen LogP contribution in [0.3, 0.4) is 0 Å². The minimum absolute atomic E-state index is 0.0581. The Labute approximate surface area is 161 Å². The molecule has 0 bridgehead atoms. The standard InChI is InChI=1S/C19H25F2N5O2/c1-24-16-4-7-28-17(14(16)9-23-24)11-25-5-2-13(3-6-25)10-26-12-22-15(19(20)21)8-18(26)27/h8-9,12-13,17,19H,2-7,10-11H2,1H3. The van der Waals surface area contributed by atoms with Crippen molar-refractivity contribution < 1.29 is 13.5 Å². The highest BCUT2D eigenvalue weighted by molar-refractivity contribution is 5.23. The number of nitrogens with zero attached hydrogens (tertiary/aromatic N) is 5. The van der Waals surface area contributed by atoms with E-state index in [2.05, 4.69) is 15.0 Å². The van der Waals surface area contributed by atoms with Crippen molar-refractivity contribution in [1.29, 1.82) is 0 Å². The number of aromatic nitrogens is 4. The Morgan fingerprint density at radius 1 is 1.29 bits per heavy atom. The molecule has 7 nitrogen and oxygen atoms in total. The van der Waals surface area contributed by atoms with Gasteiger partial charge in [0, 0.05) is 43.9 Å². The summed E-state index contributed by atoms with van der Waals surface area (Å²) < 4.78 is 34.6. The molecule has 0 spiro atoms. The minimum Gasteiger partial charge on any atom is -0.372 e. The zero-order valence-electron chi connectivity index (χ0n) is 15.9. The topological polar surface area (TPSA) is 65.2 Å². The highest BCUT2D eigenvalue weighted by atomic mass is 19.3. The molecule has 1 saturated heterocycles. The molecule has 152 valence electrons. The molecular weight excluding hydrogens is 368 g/mol. The van der Waals surface area contributed by atoms with Crippen LogP contribution in [0.1, 0.15) is 42.3 Å². The normalized spacial score (nSPS) is 21.2. The van der Waals surface area contributed by atoms with E-state index in [0.717, 1.165) is 51.6 Å². The van der Waals surface area contributed by atoms with Crippen LogP contribution in [0.5, 0.6) is 0 Å². The number of ether oxygens (including phenoxy) is 1. The van der Waals surface area contributed by atoms with E-state index in [4.69, 9.17) is 4.74 Å². The van der Waals surface area contributed by atoms with Gasteiger partial charge in [0.2, 0.25) is 0 Å². The second kappa shape index (κ2) is 8.08. The molecule has 4 heterocycles. The Hall–Kier alpha value is -2.13. The van der Waals surface area contributed by atoms with Crippen LogP contribution in [0.25, 0.3) is 0 Å². The maximum Gasteiger partial charge on any atom is 0.280 e. The van der Waals surface area contributed by atoms with Crippen molar-refractivity contribution >= 4 is 0 Å². The Morgan fingerprint density at radius 3 is 2.79 bits per heavy atom. The van der Waals surface area contributed by atoms with E-state index in [-0.39, 0.29) is 6.10 Å². The lowest BCUT2D eigenvalue weighted by molar-refractivity contribution is 0.00714. The second-order valence-corrected chi connectivity index (χ2v) is 7.63. The molecule has 0 N–H and O–H groups in total. The number of hydrogen-bond acceptors (Lipinski definition) is 5. The van der Waals surface area contributed by atoms with Gasteiger partial charge in [0.15, 0.2) is 0 Å². The third-order valence-corrected chi connectivity index (χ3v) is 5.81. The molecule has 2 aromatic heterocycles. The van der Waals surface area contributed by atoms with Gasteiger partial charge >= 0.3 is 0 Å². The van der Waals surface area contributed by atoms with Crippen molar-refractivity contribution in [1.82, 2.24) is 24.2 Å². The molecule has 4 rings (SSSR count). The van der Waals surface area contributed by atoms with Gasteiger partial charge in [-0.25, -0.2) is 13.8 Å². The van der Waals surface area contributed by atoms with E-state index in [1.54, 1.807) is 0 Å². The summed E-state index contributed by atoms with van der Waals surface area (Å²) in [6.45, 7) is 3.94. The van der Waals surface area contributed by atoms with Gasteiger partial charge < -0.3 is 9.64 Å². The summed E-state index contributed by atoms with van der Waals surface area (Å²) in [6, 6.07) is 0.936. The van der Waals surface area contributed by atoms with E-state index in [1.165, 1.54) is 22.2 Å². The summed E-state index contributed by atoms with van der Waals surface area (Å²) in [5.74, 6) is 0.342. The molecule has 28 heavy (non-hydrogen) atoms. The van der Waals surface area contributed by atoms with Gasteiger partial charge in [0.25, 0.3) is 12.0 Å². The summed E-state index contributed by atoms with van der Waals surface area (Å²) in [4.78, 5) is 18.1. The van der Waals surface area contributed by atoms with Crippen LogP contribution in [0.2, 0.25) is 0 Å². The largest absolute Gasteiger partial charge is 0.372 e. The number of halogens is 2. The van der Waals surface area contributed by atoms with Gasteiger partial charge in [-0.3, -0.25) is 14.0 Å². The van der Waals surface area contributed by atoms with Crippen LogP contribution >= 0.6 is 0 Å². The summed E-state index contributed by atoms with van der Waals surface area (Å²) in [7, 11) is 1.97. The van der Waals surface area contributed by atoms with E-state index in [0.29, 0.717) is 12.5 Å². The highest BCUT2D eigenvalue weighted by Crippen LogP contribution is 2.29. The fourth-order valence-corrected chi connectivity index (χ4v) is 4.15. The lowest BCUT2D eigenvalue weighted by atomic mass is 9.95. The first kappa shape index (κ1) is 19.2. The lowest BCUT2D eigenvalue weighted by Crippen LogP contribution is -2.39. The average Bonchev–Trinajstić information content (AvgIpc) is 3.07. The number of aryl methyl sites for hydroxylation is 1. The van der Waals surface area contributed by atoms with Crippen molar-refractivity contribution in [2.75, 3.05) is 26.2 Å². The van der Waals surface area contributed by atoms with E-state index < -0.39 is 17.7 Å². The van der Waals surface area contributed by atoms with Gasteiger partial charge in [-0.1, -0.05) is 0 Å². The Bertz CT molecular complexity index is 873. The number of alkyl halides is 2. The molecule has 1 unspecified atom stereocenters. The third-order valence-electron chi connectivity index (χ3n) is 5.81. The quantitative estimate of drug-likeness (QED) is 0.777. The molecule has 2 aliphatic heterocycles. The van der Waals surface area contributed by atoms with Crippen molar-refractivity contribution in [2.45, 2.75) is 38.3 Å². The average molecular weight is 393 g/mol. The second-order valence-electron chi connectivity index (χ2n) is 7.63. The van der Waals surface area contributed by atoms with Gasteiger partial charge in [-0.05, 0) is 31.8 Å². The number of likely N-dealkylation sites (tertiary alicyclic amines) is 1. The molecule has 0 aliphatic carbocycles. The lowest BCUT2D eigenvalue weighted by Gasteiger charge is -2.35. The molecular formula is C19H25F2N5O2. The number of fused-ring (bicyclic) bond motifs is 1. The van der Waals surface area contributed by atoms with Crippen LogP contribution in [0.15, 0.2) is 23.4 Å². The van der Waals surface area contributed by atoms with Crippen LogP contribution in [0.4, 0.5) is 8.78 Å². The van der Waals surface area contributed by atoms with Crippen LogP contribution in [0, 0.1) is 5.92 Å². The van der Waals surface area contributed by atoms with Gasteiger partial charge in [-0.2, -0.15) is 5.10 Å². The van der Waals surface area contributed by atoms with Gasteiger partial charge in [0.05, 0.1) is 25.2 Å². The number of rotatable bonds is 5. The maximum absolute atomic E-state index is 12.6. The molecule has 2 aromatic rings. The first-order valence-corrected chi connectivity index (χ1v) is 9.70. The number of hydrogen-bond donors (Lipinski definition) is 0. The SMILES string of the molecule is Cn1ncc2c1CCOC2CN1CCC(Cn2cnc(C(F)F)cc2=O)CC1. The maximum atomic E-state index is 12.6. The van der Waals surface area contributed by atoms with E-state index in [1.807, 2.05) is 17.9 Å². The smallest absolute Gasteiger partial charge is 0.280 e. The zero-order valence-corrected chi connectivity index (χ0v) is 15.9. The molecule has 9 heteroatoms. The summed E-state index contributed by atoms with van der Waals surface area (Å²) in [6.07, 6.45) is 3.31. The van der Waals surface area contributed by atoms with Gasteiger partial charge in [0.1, 0.15) is 5.69 Å². The Balaban J connectivity index is 1.31. The van der Waals surface area contributed by atoms with Crippen molar-refractivity contribution in [3.63, 3.8) is 0 Å². The molecule has 0 amide bonds. The van der Waals surface area contributed by atoms with Crippen molar-refractivity contribution in [2.24, 2.45) is 13.0 Å². The molecule has 0 aromatic carbocycles. The fraction of sp³-hybridized carbons (Fsp3) is 0.632. The molecule has 1 atom stereocenters. The van der Waals surface area contributed by atoms with Crippen LogP contribution in [-0.4, -0.2) is 50.5 Å². The molecule has 0 radical (unpaired) electrons. The fourth-order valence-electron chi connectivity index (χ4n) is 4.15. The van der Waals surface area contributed by atoms with E-state index >= 15 is 0 Å². The Morgan fingerprint density at radius 2 is 2.07 bits per heavy atom. The Kier molecular flexibility index (Phi) is 5.54. The number of piperidine rings is 1. The molecule has 2 aliphatic rings. The molecule has 1 fully saturated rings. The third kappa shape index (κ3) is 4.00. The first-order valence-electron chi connectivity index (χ1n) is 9.70. The summed E-state index contributed by atoms with van der Waals surface area (Å²) in [5.41, 5.74) is 1.57. The van der Waals surface area contributed by atoms with Crippen molar-refractivity contribution in [3.8, 4) is 0 Å². The first-order chi connectivity index (χ1) is 13.5. The predicted octanol–water partition coefficient (Wildman–Crippen LogP) is 1.94. The van der Waals surface area contributed by atoms with E-state index in [9.17, 15) is 13.6 Å². The predicted molar refractivity (Wildman–Crippen MR) is 98.2 cm³/mol. The van der Waals surface area contributed by atoms with Crippen LogP contribution < -0.4 is 5.56 Å². The highest BCUT2D eigenvalue weighted by Gasteiger charge is 2.28.